The molecule has 2 aliphatic heterocycles. The predicted molar refractivity (Wildman–Crippen MR) is 122 cm³/mol. The number of rotatable bonds is 7. The SMILES string of the molecule is COc1ccc(OCCN2CC(=O)N(c3ccc(OC)c(Cl)c3)[C@H]3CS(=O)(=O)C[C@H]32)cc1. The molecule has 2 heterocycles. The van der Waals surface area contributed by atoms with Crippen molar-refractivity contribution in [3.8, 4) is 17.2 Å². The first-order valence-electron chi connectivity index (χ1n) is 10.2. The maximum atomic E-state index is 13.1. The molecule has 0 spiro atoms. The van der Waals surface area contributed by atoms with Crippen LogP contribution in [0.2, 0.25) is 5.02 Å². The van der Waals surface area contributed by atoms with Crippen LogP contribution in [0.5, 0.6) is 17.2 Å². The molecule has 2 aromatic carbocycles. The van der Waals surface area contributed by atoms with Gasteiger partial charge in [-0.1, -0.05) is 11.6 Å². The summed E-state index contributed by atoms with van der Waals surface area (Å²) in [6.45, 7) is 0.870. The van der Waals surface area contributed by atoms with Crippen molar-refractivity contribution in [2.75, 3.05) is 50.3 Å². The van der Waals surface area contributed by atoms with E-state index in [1.807, 2.05) is 4.90 Å². The normalized spacial score (nSPS) is 22.5. The monoisotopic (exact) mass is 480 g/mol. The van der Waals surface area contributed by atoms with Crippen LogP contribution < -0.4 is 19.1 Å². The Morgan fingerprint density at radius 2 is 1.69 bits per heavy atom. The Morgan fingerprint density at radius 1 is 1.00 bits per heavy atom. The summed E-state index contributed by atoms with van der Waals surface area (Å²) < 4.78 is 41.1. The molecule has 0 aliphatic carbocycles. The van der Waals surface area contributed by atoms with Crippen molar-refractivity contribution in [3.05, 3.63) is 47.5 Å². The van der Waals surface area contributed by atoms with E-state index in [4.69, 9.17) is 25.8 Å². The topological polar surface area (TPSA) is 85.4 Å². The van der Waals surface area contributed by atoms with Crippen LogP contribution in [0, 0.1) is 0 Å². The summed E-state index contributed by atoms with van der Waals surface area (Å²) in [6, 6.07) is 11.5. The van der Waals surface area contributed by atoms with Crippen molar-refractivity contribution in [3.63, 3.8) is 0 Å². The summed E-state index contributed by atoms with van der Waals surface area (Å²) in [4.78, 5) is 16.6. The second-order valence-electron chi connectivity index (χ2n) is 7.79. The van der Waals surface area contributed by atoms with Gasteiger partial charge in [0.2, 0.25) is 5.91 Å². The van der Waals surface area contributed by atoms with Crippen LogP contribution in [0.15, 0.2) is 42.5 Å². The maximum absolute atomic E-state index is 13.1. The highest BCUT2D eigenvalue weighted by molar-refractivity contribution is 7.91. The zero-order valence-electron chi connectivity index (χ0n) is 17.9. The van der Waals surface area contributed by atoms with Gasteiger partial charge in [-0.15, -0.1) is 0 Å². The average molecular weight is 481 g/mol. The van der Waals surface area contributed by atoms with Crippen molar-refractivity contribution in [1.82, 2.24) is 4.90 Å². The first kappa shape index (κ1) is 22.7. The van der Waals surface area contributed by atoms with Gasteiger partial charge in [0.25, 0.3) is 0 Å². The van der Waals surface area contributed by atoms with E-state index in [1.54, 1.807) is 54.5 Å². The molecule has 32 heavy (non-hydrogen) atoms. The fraction of sp³-hybridized carbons (Fsp3) is 0.409. The Kier molecular flexibility index (Phi) is 6.50. The molecule has 2 fully saturated rings. The highest BCUT2D eigenvalue weighted by atomic mass is 35.5. The first-order chi connectivity index (χ1) is 15.3. The van der Waals surface area contributed by atoms with Crippen LogP contribution in [0.1, 0.15) is 0 Å². The largest absolute Gasteiger partial charge is 0.497 e. The number of hydrogen-bond acceptors (Lipinski definition) is 7. The lowest BCUT2D eigenvalue weighted by atomic mass is 10.0. The first-order valence-corrected chi connectivity index (χ1v) is 12.4. The molecule has 10 heteroatoms. The Labute approximate surface area is 192 Å². The van der Waals surface area contributed by atoms with Crippen LogP contribution >= 0.6 is 11.6 Å². The smallest absolute Gasteiger partial charge is 0.241 e. The van der Waals surface area contributed by atoms with Gasteiger partial charge in [-0.2, -0.15) is 0 Å². The average Bonchev–Trinajstić information content (AvgIpc) is 3.09. The maximum Gasteiger partial charge on any atom is 0.241 e. The number of halogens is 1. The minimum atomic E-state index is -3.28. The molecule has 2 aliphatic rings. The summed E-state index contributed by atoms with van der Waals surface area (Å²) >= 11 is 6.25. The molecule has 8 nitrogen and oxygen atoms in total. The van der Waals surface area contributed by atoms with Gasteiger partial charge in [0.15, 0.2) is 9.84 Å². The number of sulfone groups is 1. The van der Waals surface area contributed by atoms with Crippen LogP contribution in [0.3, 0.4) is 0 Å². The number of amides is 1. The van der Waals surface area contributed by atoms with E-state index in [0.29, 0.717) is 35.4 Å². The van der Waals surface area contributed by atoms with Gasteiger partial charge in [-0.25, -0.2) is 8.42 Å². The fourth-order valence-electron chi connectivity index (χ4n) is 4.30. The van der Waals surface area contributed by atoms with Gasteiger partial charge >= 0.3 is 0 Å². The van der Waals surface area contributed by atoms with Gasteiger partial charge in [0.05, 0.1) is 43.3 Å². The number of methoxy groups -OCH3 is 2. The summed E-state index contributed by atoms with van der Waals surface area (Å²) in [5.74, 6) is 1.66. The number of hydrogen-bond donors (Lipinski definition) is 0. The quantitative estimate of drug-likeness (QED) is 0.600. The fourth-order valence-corrected chi connectivity index (χ4v) is 6.53. The summed E-state index contributed by atoms with van der Waals surface area (Å²) in [6.07, 6.45) is 0. The Hall–Kier alpha value is -2.49. The standard InChI is InChI=1S/C22H25ClN2O6S/c1-29-16-4-6-17(7-5-16)31-10-9-24-12-22(26)25(20-14-32(27,28)13-19(20)24)15-3-8-21(30-2)18(23)11-15/h3-8,11,19-20H,9-10,12-14H2,1-2H3/t19-,20+/m1/s1. The zero-order valence-corrected chi connectivity index (χ0v) is 19.4. The van der Waals surface area contributed by atoms with Crippen molar-refractivity contribution in [1.29, 1.82) is 0 Å². The Bertz CT molecular complexity index is 1090. The van der Waals surface area contributed by atoms with Crippen molar-refractivity contribution in [2.24, 2.45) is 0 Å². The molecule has 0 saturated carbocycles. The van der Waals surface area contributed by atoms with Crippen molar-refractivity contribution >= 4 is 33.0 Å². The van der Waals surface area contributed by atoms with Gasteiger partial charge in [-0.3, -0.25) is 9.69 Å². The molecular weight excluding hydrogens is 456 g/mol. The third kappa shape index (κ3) is 4.65. The molecule has 2 aromatic rings. The lowest BCUT2D eigenvalue weighted by molar-refractivity contribution is -0.123. The van der Waals surface area contributed by atoms with Crippen LogP contribution in [-0.4, -0.2) is 76.7 Å². The third-order valence-corrected chi connectivity index (χ3v) is 7.82. The summed E-state index contributed by atoms with van der Waals surface area (Å²) in [5.41, 5.74) is 0.571. The number of anilines is 1. The number of carbonyl (C=O) groups excluding carboxylic acids is 1. The van der Waals surface area contributed by atoms with Crippen molar-refractivity contribution in [2.45, 2.75) is 12.1 Å². The highest BCUT2D eigenvalue weighted by Crippen LogP contribution is 2.35. The van der Waals surface area contributed by atoms with E-state index in [0.717, 1.165) is 5.75 Å². The second kappa shape index (κ2) is 9.17. The van der Waals surface area contributed by atoms with Gasteiger partial charge in [0, 0.05) is 18.3 Å². The minimum absolute atomic E-state index is 0.00781. The van der Waals surface area contributed by atoms with Crippen LogP contribution in [0.4, 0.5) is 5.69 Å². The molecule has 1 amide bonds. The third-order valence-electron chi connectivity index (χ3n) is 5.82. The van der Waals surface area contributed by atoms with E-state index in [9.17, 15) is 13.2 Å². The molecule has 172 valence electrons. The number of carbonyl (C=O) groups is 1. The minimum Gasteiger partial charge on any atom is -0.497 e. The van der Waals surface area contributed by atoms with Crippen LogP contribution in [0.25, 0.3) is 0 Å². The number of ether oxygens (including phenoxy) is 3. The number of nitrogens with zero attached hydrogens (tertiary/aromatic N) is 2. The lowest BCUT2D eigenvalue weighted by Gasteiger charge is -2.43. The number of benzene rings is 2. The van der Waals surface area contributed by atoms with Crippen LogP contribution in [-0.2, 0) is 14.6 Å². The highest BCUT2D eigenvalue weighted by Gasteiger charge is 2.49. The summed E-state index contributed by atoms with van der Waals surface area (Å²) in [5, 5.41) is 0.366. The zero-order chi connectivity index (χ0) is 22.9. The molecule has 0 unspecified atom stereocenters. The lowest BCUT2D eigenvalue weighted by Crippen LogP contribution is -2.62. The van der Waals surface area contributed by atoms with Gasteiger partial charge in [-0.05, 0) is 42.5 Å². The predicted octanol–water partition coefficient (Wildman–Crippen LogP) is 2.25. The van der Waals surface area contributed by atoms with E-state index >= 15 is 0 Å². The van der Waals surface area contributed by atoms with E-state index in [1.165, 1.54) is 7.11 Å². The number of piperazine rings is 1. The molecule has 0 radical (unpaired) electrons. The second-order valence-corrected chi connectivity index (χ2v) is 10.3. The molecule has 0 N–H and O–H groups in total. The van der Waals surface area contributed by atoms with E-state index in [-0.39, 0.29) is 30.0 Å². The Morgan fingerprint density at radius 3 is 2.34 bits per heavy atom. The molecular formula is C22H25ClN2O6S. The molecule has 4 rings (SSSR count). The van der Waals surface area contributed by atoms with E-state index < -0.39 is 15.9 Å². The van der Waals surface area contributed by atoms with E-state index in [2.05, 4.69) is 0 Å². The number of fused-ring (bicyclic) bond motifs is 1. The summed E-state index contributed by atoms with van der Waals surface area (Å²) in [7, 11) is -0.174. The van der Waals surface area contributed by atoms with Crippen molar-refractivity contribution < 1.29 is 27.4 Å². The van der Waals surface area contributed by atoms with Gasteiger partial charge in [0.1, 0.15) is 23.9 Å². The Balaban J connectivity index is 1.49. The molecule has 0 bridgehead atoms. The van der Waals surface area contributed by atoms with Gasteiger partial charge < -0.3 is 19.1 Å². The molecule has 0 aromatic heterocycles. The molecule has 2 saturated heterocycles. The molecule has 2 atom stereocenters.